The normalized spacial score (nSPS) is 24.8. The van der Waals surface area contributed by atoms with Gasteiger partial charge in [0.2, 0.25) is 5.91 Å². The van der Waals surface area contributed by atoms with Crippen LogP contribution in [0.5, 0.6) is 0 Å². The lowest BCUT2D eigenvalue weighted by molar-refractivity contribution is -0.132. The molecule has 1 fully saturated rings. The number of hydrogen-bond acceptors (Lipinski definition) is 3. The highest BCUT2D eigenvalue weighted by molar-refractivity contribution is 5.81. The molecule has 0 aromatic rings. The first-order valence-corrected chi connectivity index (χ1v) is 4.68. The predicted molar refractivity (Wildman–Crippen MR) is 50.5 cm³/mol. The Labute approximate surface area is 79.2 Å². The zero-order chi connectivity index (χ0) is 9.84. The monoisotopic (exact) mass is 186 g/mol. The number of amides is 1. The van der Waals surface area contributed by atoms with Gasteiger partial charge in [-0.3, -0.25) is 4.79 Å². The Kier molecular flexibility index (Phi) is 3.69. The number of hydrogen-bond donors (Lipinski definition) is 1. The summed E-state index contributed by atoms with van der Waals surface area (Å²) >= 11 is 0. The minimum absolute atomic E-state index is 0.0874. The molecule has 0 radical (unpaired) electrons. The van der Waals surface area contributed by atoms with Gasteiger partial charge in [-0.15, -0.1) is 0 Å². The fraction of sp³-hybridized carbons (Fsp3) is 0.889. The quantitative estimate of drug-likeness (QED) is 0.666. The molecular formula is C9H18N2O2. The van der Waals surface area contributed by atoms with Gasteiger partial charge >= 0.3 is 0 Å². The van der Waals surface area contributed by atoms with Crippen LogP contribution in [0.4, 0.5) is 0 Å². The Morgan fingerprint density at radius 2 is 2.38 bits per heavy atom. The Morgan fingerprint density at radius 3 is 2.85 bits per heavy atom. The number of likely N-dealkylation sites (tertiary alicyclic amines) is 1. The SMILES string of the molecule is CNC(C)C(=O)N1CCC(OC)C1. The smallest absolute Gasteiger partial charge is 0.239 e. The van der Waals surface area contributed by atoms with Crippen LogP contribution < -0.4 is 5.32 Å². The summed E-state index contributed by atoms with van der Waals surface area (Å²) in [6, 6.07) is -0.0874. The average Bonchev–Trinajstić information content (AvgIpc) is 2.63. The van der Waals surface area contributed by atoms with Crippen molar-refractivity contribution in [3.63, 3.8) is 0 Å². The van der Waals surface area contributed by atoms with Gasteiger partial charge in [0.25, 0.3) is 0 Å². The van der Waals surface area contributed by atoms with E-state index < -0.39 is 0 Å². The van der Waals surface area contributed by atoms with E-state index in [9.17, 15) is 4.79 Å². The van der Waals surface area contributed by atoms with E-state index in [1.54, 1.807) is 14.2 Å². The van der Waals surface area contributed by atoms with Crippen molar-refractivity contribution < 1.29 is 9.53 Å². The van der Waals surface area contributed by atoms with Gasteiger partial charge in [0, 0.05) is 20.2 Å². The van der Waals surface area contributed by atoms with E-state index in [1.165, 1.54) is 0 Å². The van der Waals surface area contributed by atoms with E-state index >= 15 is 0 Å². The summed E-state index contributed by atoms with van der Waals surface area (Å²) < 4.78 is 5.19. The van der Waals surface area contributed by atoms with Crippen LogP contribution in [-0.2, 0) is 9.53 Å². The molecule has 13 heavy (non-hydrogen) atoms. The van der Waals surface area contributed by atoms with Gasteiger partial charge in [0.15, 0.2) is 0 Å². The standard InChI is InChI=1S/C9H18N2O2/c1-7(10-2)9(12)11-5-4-8(6-11)13-3/h7-8,10H,4-6H2,1-3H3. The van der Waals surface area contributed by atoms with Crippen LogP contribution in [0.3, 0.4) is 0 Å². The largest absolute Gasteiger partial charge is 0.380 e. The summed E-state index contributed by atoms with van der Waals surface area (Å²) in [7, 11) is 3.49. The van der Waals surface area contributed by atoms with Gasteiger partial charge in [0.05, 0.1) is 12.1 Å². The summed E-state index contributed by atoms with van der Waals surface area (Å²) in [4.78, 5) is 13.5. The van der Waals surface area contributed by atoms with Crippen molar-refractivity contribution in [3.8, 4) is 0 Å². The maximum atomic E-state index is 11.6. The third-order valence-electron chi connectivity index (χ3n) is 2.59. The Balaban J connectivity index is 2.41. The van der Waals surface area contributed by atoms with E-state index in [4.69, 9.17) is 4.74 Å². The lowest BCUT2D eigenvalue weighted by atomic mass is 10.3. The summed E-state index contributed by atoms with van der Waals surface area (Å²) in [5.41, 5.74) is 0. The summed E-state index contributed by atoms with van der Waals surface area (Å²) in [6.45, 7) is 3.44. The van der Waals surface area contributed by atoms with Gasteiger partial charge in [-0.05, 0) is 20.4 Å². The fourth-order valence-electron chi connectivity index (χ4n) is 1.52. The predicted octanol–water partition coefficient (Wildman–Crippen LogP) is -0.158. The van der Waals surface area contributed by atoms with Crippen molar-refractivity contribution in [1.82, 2.24) is 10.2 Å². The van der Waals surface area contributed by atoms with Crippen LogP contribution in [0.1, 0.15) is 13.3 Å². The Bertz CT molecular complexity index is 184. The van der Waals surface area contributed by atoms with Crippen LogP contribution in [0.25, 0.3) is 0 Å². The second-order valence-corrected chi connectivity index (χ2v) is 3.44. The lowest BCUT2D eigenvalue weighted by Gasteiger charge is -2.20. The van der Waals surface area contributed by atoms with Crippen molar-refractivity contribution in [2.45, 2.75) is 25.5 Å². The highest BCUT2D eigenvalue weighted by Crippen LogP contribution is 2.12. The Morgan fingerprint density at radius 1 is 1.69 bits per heavy atom. The van der Waals surface area contributed by atoms with Crippen molar-refractivity contribution in [2.75, 3.05) is 27.2 Å². The zero-order valence-corrected chi connectivity index (χ0v) is 8.54. The summed E-state index contributed by atoms with van der Waals surface area (Å²) in [6.07, 6.45) is 1.19. The minimum Gasteiger partial charge on any atom is -0.380 e. The first-order valence-electron chi connectivity index (χ1n) is 4.68. The molecule has 2 atom stereocenters. The molecule has 0 saturated carbocycles. The molecule has 1 N–H and O–H groups in total. The summed E-state index contributed by atoms with van der Waals surface area (Å²) in [5.74, 6) is 0.169. The maximum Gasteiger partial charge on any atom is 0.239 e. The van der Waals surface area contributed by atoms with E-state index in [-0.39, 0.29) is 18.1 Å². The molecule has 1 rings (SSSR count). The first-order chi connectivity index (χ1) is 6.19. The van der Waals surface area contributed by atoms with Crippen LogP contribution in [-0.4, -0.2) is 50.2 Å². The van der Waals surface area contributed by atoms with Gasteiger partial charge in [-0.2, -0.15) is 0 Å². The van der Waals surface area contributed by atoms with E-state index in [0.29, 0.717) is 0 Å². The number of rotatable bonds is 3. The molecule has 2 unspecified atom stereocenters. The molecule has 0 aliphatic carbocycles. The number of carbonyl (C=O) groups is 1. The second kappa shape index (κ2) is 4.58. The number of nitrogens with one attached hydrogen (secondary N) is 1. The molecule has 0 spiro atoms. The average molecular weight is 186 g/mol. The number of methoxy groups -OCH3 is 1. The van der Waals surface area contributed by atoms with Gasteiger partial charge in [0.1, 0.15) is 0 Å². The van der Waals surface area contributed by atoms with Crippen molar-refractivity contribution >= 4 is 5.91 Å². The molecule has 1 aliphatic heterocycles. The highest BCUT2D eigenvalue weighted by atomic mass is 16.5. The third kappa shape index (κ3) is 2.42. The van der Waals surface area contributed by atoms with E-state index in [2.05, 4.69) is 5.32 Å². The molecule has 1 saturated heterocycles. The Hall–Kier alpha value is -0.610. The van der Waals surface area contributed by atoms with Gasteiger partial charge in [-0.25, -0.2) is 0 Å². The molecular weight excluding hydrogens is 168 g/mol. The molecule has 4 heteroatoms. The molecule has 0 bridgehead atoms. The zero-order valence-electron chi connectivity index (χ0n) is 8.54. The maximum absolute atomic E-state index is 11.6. The van der Waals surface area contributed by atoms with Crippen LogP contribution in [0.15, 0.2) is 0 Å². The molecule has 1 heterocycles. The molecule has 4 nitrogen and oxygen atoms in total. The van der Waals surface area contributed by atoms with E-state index in [1.807, 2.05) is 11.8 Å². The van der Waals surface area contributed by atoms with Crippen molar-refractivity contribution in [2.24, 2.45) is 0 Å². The molecule has 1 aliphatic rings. The van der Waals surface area contributed by atoms with Gasteiger partial charge in [-0.1, -0.05) is 0 Å². The van der Waals surface area contributed by atoms with Crippen LogP contribution in [0.2, 0.25) is 0 Å². The fourth-order valence-corrected chi connectivity index (χ4v) is 1.52. The third-order valence-corrected chi connectivity index (χ3v) is 2.59. The first kappa shape index (κ1) is 10.5. The van der Waals surface area contributed by atoms with Crippen LogP contribution >= 0.6 is 0 Å². The molecule has 0 aromatic carbocycles. The highest BCUT2D eigenvalue weighted by Gasteiger charge is 2.27. The number of ether oxygens (including phenoxy) is 1. The number of carbonyl (C=O) groups excluding carboxylic acids is 1. The lowest BCUT2D eigenvalue weighted by Crippen LogP contribution is -2.42. The topological polar surface area (TPSA) is 41.6 Å². The number of likely N-dealkylation sites (N-methyl/N-ethyl adjacent to an activating group) is 1. The molecule has 0 aromatic heterocycles. The number of nitrogens with zero attached hydrogens (tertiary/aromatic N) is 1. The van der Waals surface area contributed by atoms with Gasteiger partial charge < -0.3 is 15.0 Å². The van der Waals surface area contributed by atoms with E-state index in [0.717, 1.165) is 19.5 Å². The molecule has 76 valence electrons. The minimum atomic E-state index is -0.0874. The van der Waals surface area contributed by atoms with Crippen LogP contribution in [0, 0.1) is 0 Å². The summed E-state index contributed by atoms with van der Waals surface area (Å²) in [5, 5.41) is 2.94. The van der Waals surface area contributed by atoms with Crippen molar-refractivity contribution in [3.05, 3.63) is 0 Å². The van der Waals surface area contributed by atoms with Crippen molar-refractivity contribution in [1.29, 1.82) is 0 Å². The molecule has 1 amide bonds. The second-order valence-electron chi connectivity index (χ2n) is 3.44.